The second-order valence-electron chi connectivity index (χ2n) is 5.94. The number of carbonyl (C=O) groups is 1. The summed E-state index contributed by atoms with van der Waals surface area (Å²) in [5.74, 6) is 0.603. The first kappa shape index (κ1) is 18.0. The minimum atomic E-state index is -0.798. The third kappa shape index (κ3) is 4.14. The van der Waals surface area contributed by atoms with Crippen LogP contribution in [0.1, 0.15) is 54.4 Å². The summed E-state index contributed by atoms with van der Waals surface area (Å²) >= 11 is 0. The van der Waals surface area contributed by atoms with Gasteiger partial charge in [-0.3, -0.25) is 9.48 Å². The zero-order valence-electron chi connectivity index (χ0n) is 14.6. The lowest BCUT2D eigenvalue weighted by Gasteiger charge is -2.13. The molecule has 0 radical (unpaired) electrons. The van der Waals surface area contributed by atoms with Gasteiger partial charge in [-0.2, -0.15) is 5.10 Å². The lowest BCUT2D eigenvalue weighted by molar-refractivity contribution is 0.0915. The van der Waals surface area contributed by atoms with Gasteiger partial charge in [-0.15, -0.1) is 0 Å². The molecule has 1 aromatic heterocycles. The number of aliphatic hydroxyl groups excluding tert-OH is 1. The van der Waals surface area contributed by atoms with Gasteiger partial charge in [0.05, 0.1) is 24.5 Å². The number of rotatable bonds is 7. The third-order valence-corrected chi connectivity index (χ3v) is 3.84. The van der Waals surface area contributed by atoms with Crippen LogP contribution in [0.25, 0.3) is 0 Å². The molecule has 0 saturated carbocycles. The van der Waals surface area contributed by atoms with Crippen LogP contribution in [-0.2, 0) is 6.54 Å². The molecule has 0 aliphatic heterocycles. The van der Waals surface area contributed by atoms with Crippen molar-refractivity contribution in [2.75, 3.05) is 13.7 Å². The maximum atomic E-state index is 12.5. The van der Waals surface area contributed by atoms with Crippen molar-refractivity contribution in [3.05, 3.63) is 47.3 Å². The van der Waals surface area contributed by atoms with Crippen LogP contribution in [0.5, 0.6) is 5.75 Å². The third-order valence-electron chi connectivity index (χ3n) is 3.84. The average molecular weight is 331 g/mol. The number of benzene rings is 1. The van der Waals surface area contributed by atoms with E-state index in [1.54, 1.807) is 36.2 Å². The molecular weight excluding hydrogens is 306 g/mol. The molecule has 1 unspecified atom stereocenters. The van der Waals surface area contributed by atoms with Crippen molar-refractivity contribution in [1.29, 1.82) is 0 Å². The Morgan fingerprint density at radius 3 is 2.79 bits per heavy atom. The molecule has 2 rings (SSSR count). The van der Waals surface area contributed by atoms with Crippen molar-refractivity contribution in [2.45, 2.75) is 39.3 Å². The summed E-state index contributed by atoms with van der Waals surface area (Å²) in [6, 6.07) is 7.17. The summed E-state index contributed by atoms with van der Waals surface area (Å²) in [6.07, 6.45) is 0.954. The number of hydrogen-bond donors (Lipinski definition) is 2. The van der Waals surface area contributed by atoms with E-state index < -0.39 is 6.10 Å². The molecule has 1 aromatic carbocycles. The highest BCUT2D eigenvalue weighted by atomic mass is 16.5. The van der Waals surface area contributed by atoms with Crippen LogP contribution >= 0.6 is 0 Å². The first-order valence-corrected chi connectivity index (χ1v) is 8.13. The van der Waals surface area contributed by atoms with Gasteiger partial charge in [-0.05, 0) is 30.5 Å². The largest absolute Gasteiger partial charge is 0.497 e. The fraction of sp³-hybridized carbons (Fsp3) is 0.444. The van der Waals surface area contributed by atoms with E-state index >= 15 is 0 Å². The standard InChI is InChI=1S/C18H25N3O3/c1-5-21-11-15(17(20-21)12(2)3)18(23)19-10-16(22)13-7-6-8-14(9-13)24-4/h6-9,11-12,16,22H,5,10H2,1-4H3,(H,19,23). The minimum Gasteiger partial charge on any atom is -0.497 e. The number of aliphatic hydroxyl groups is 1. The monoisotopic (exact) mass is 331 g/mol. The van der Waals surface area contributed by atoms with Gasteiger partial charge in [0.2, 0.25) is 0 Å². The van der Waals surface area contributed by atoms with Gasteiger partial charge in [0.1, 0.15) is 5.75 Å². The maximum absolute atomic E-state index is 12.5. The highest BCUT2D eigenvalue weighted by Crippen LogP contribution is 2.20. The molecule has 2 N–H and O–H groups in total. The predicted octanol–water partition coefficient (Wildman–Crippen LogP) is 2.50. The minimum absolute atomic E-state index is 0.126. The molecule has 0 fully saturated rings. The predicted molar refractivity (Wildman–Crippen MR) is 92.3 cm³/mol. The van der Waals surface area contributed by atoms with Crippen molar-refractivity contribution in [3.63, 3.8) is 0 Å². The van der Waals surface area contributed by atoms with Crippen LogP contribution in [-0.4, -0.2) is 34.4 Å². The number of hydrogen-bond acceptors (Lipinski definition) is 4. The molecule has 0 saturated heterocycles. The second kappa shape index (κ2) is 7.97. The molecule has 2 aromatic rings. The molecule has 0 spiro atoms. The summed E-state index contributed by atoms with van der Waals surface area (Å²) in [6.45, 7) is 6.82. The maximum Gasteiger partial charge on any atom is 0.254 e. The van der Waals surface area contributed by atoms with Crippen molar-refractivity contribution >= 4 is 5.91 Å². The Balaban J connectivity index is 2.06. The molecule has 0 aliphatic carbocycles. The number of ether oxygens (including phenoxy) is 1. The van der Waals surface area contributed by atoms with Gasteiger partial charge < -0.3 is 15.2 Å². The van der Waals surface area contributed by atoms with E-state index in [4.69, 9.17) is 4.74 Å². The molecule has 24 heavy (non-hydrogen) atoms. The molecule has 1 heterocycles. The topological polar surface area (TPSA) is 76.4 Å². The van der Waals surface area contributed by atoms with Crippen molar-refractivity contribution in [3.8, 4) is 5.75 Å². The number of aromatic nitrogens is 2. The van der Waals surface area contributed by atoms with Crippen LogP contribution in [0.15, 0.2) is 30.5 Å². The van der Waals surface area contributed by atoms with E-state index in [1.165, 1.54) is 0 Å². The Hall–Kier alpha value is -2.34. The Morgan fingerprint density at radius 1 is 1.42 bits per heavy atom. The molecule has 130 valence electrons. The zero-order valence-corrected chi connectivity index (χ0v) is 14.6. The van der Waals surface area contributed by atoms with E-state index in [0.29, 0.717) is 23.4 Å². The molecule has 6 heteroatoms. The lowest BCUT2D eigenvalue weighted by Crippen LogP contribution is -2.29. The smallest absolute Gasteiger partial charge is 0.254 e. The first-order chi connectivity index (χ1) is 11.5. The van der Waals surface area contributed by atoms with Gasteiger partial charge >= 0.3 is 0 Å². The first-order valence-electron chi connectivity index (χ1n) is 8.13. The number of aryl methyl sites for hydroxylation is 1. The molecule has 0 bridgehead atoms. The molecule has 6 nitrogen and oxygen atoms in total. The fourth-order valence-electron chi connectivity index (χ4n) is 2.45. The van der Waals surface area contributed by atoms with Crippen LogP contribution in [0, 0.1) is 0 Å². The number of methoxy groups -OCH3 is 1. The van der Waals surface area contributed by atoms with Crippen LogP contribution < -0.4 is 10.1 Å². The quantitative estimate of drug-likeness (QED) is 0.817. The SMILES string of the molecule is CCn1cc(C(=O)NCC(O)c2cccc(OC)c2)c(C(C)C)n1. The van der Waals surface area contributed by atoms with E-state index in [1.807, 2.05) is 26.8 Å². The van der Waals surface area contributed by atoms with Gasteiger partial charge in [-0.1, -0.05) is 26.0 Å². The molecule has 0 aliphatic rings. The van der Waals surface area contributed by atoms with Crippen LogP contribution in [0.3, 0.4) is 0 Å². The van der Waals surface area contributed by atoms with Gasteiger partial charge in [0.15, 0.2) is 0 Å². The normalized spacial score (nSPS) is 12.2. The number of amides is 1. The Labute approximate surface area is 142 Å². The van der Waals surface area contributed by atoms with Gasteiger partial charge in [0.25, 0.3) is 5.91 Å². The van der Waals surface area contributed by atoms with E-state index in [-0.39, 0.29) is 18.4 Å². The van der Waals surface area contributed by atoms with E-state index in [0.717, 1.165) is 5.69 Å². The lowest BCUT2D eigenvalue weighted by atomic mass is 10.1. The van der Waals surface area contributed by atoms with E-state index in [2.05, 4.69) is 10.4 Å². The second-order valence-corrected chi connectivity index (χ2v) is 5.94. The summed E-state index contributed by atoms with van der Waals surface area (Å²) in [4.78, 5) is 12.5. The average Bonchev–Trinajstić information content (AvgIpc) is 3.04. The van der Waals surface area contributed by atoms with E-state index in [9.17, 15) is 9.90 Å². The summed E-state index contributed by atoms with van der Waals surface area (Å²) in [5.41, 5.74) is 2.03. The summed E-state index contributed by atoms with van der Waals surface area (Å²) in [7, 11) is 1.58. The summed E-state index contributed by atoms with van der Waals surface area (Å²) < 4.78 is 6.90. The molecular formula is C18H25N3O3. The number of carbonyl (C=O) groups excluding carboxylic acids is 1. The van der Waals surface area contributed by atoms with Crippen molar-refractivity contribution in [1.82, 2.24) is 15.1 Å². The molecule has 1 atom stereocenters. The van der Waals surface area contributed by atoms with Crippen LogP contribution in [0.2, 0.25) is 0 Å². The van der Waals surface area contributed by atoms with Gasteiger partial charge in [-0.25, -0.2) is 0 Å². The Kier molecular flexibility index (Phi) is 5.98. The Morgan fingerprint density at radius 2 is 2.17 bits per heavy atom. The highest BCUT2D eigenvalue weighted by Gasteiger charge is 2.19. The van der Waals surface area contributed by atoms with Crippen LogP contribution in [0.4, 0.5) is 0 Å². The van der Waals surface area contributed by atoms with Gasteiger partial charge in [0, 0.05) is 19.3 Å². The summed E-state index contributed by atoms with van der Waals surface area (Å²) in [5, 5.41) is 17.5. The highest BCUT2D eigenvalue weighted by molar-refractivity contribution is 5.95. The Bertz CT molecular complexity index is 695. The van der Waals surface area contributed by atoms with Crippen molar-refractivity contribution in [2.24, 2.45) is 0 Å². The van der Waals surface area contributed by atoms with Crippen molar-refractivity contribution < 1.29 is 14.6 Å². The molecule has 1 amide bonds. The number of nitrogens with zero attached hydrogens (tertiary/aromatic N) is 2. The number of nitrogens with one attached hydrogen (secondary N) is 1. The fourth-order valence-corrected chi connectivity index (χ4v) is 2.45. The zero-order chi connectivity index (χ0) is 17.7.